The smallest absolute Gasteiger partial charge is 0.438 e. The van der Waals surface area contributed by atoms with Crippen molar-refractivity contribution >= 4 is 129 Å². The zero-order valence-corrected chi connectivity index (χ0v) is 23.9. The van der Waals surface area contributed by atoms with E-state index in [1.165, 1.54) is 0 Å². The van der Waals surface area contributed by atoms with Crippen molar-refractivity contribution < 1.29 is 48.8 Å². The fraction of sp³-hybridized carbons (Fsp3) is 0.364. The number of rotatable bonds is 4. The van der Waals surface area contributed by atoms with Crippen molar-refractivity contribution in [2.24, 2.45) is 0 Å². The molecule has 0 saturated heterocycles. The number of hydrogen-bond acceptors (Lipinski definition) is 5. The molecule has 0 saturated carbocycles. The molecular weight excluding hydrogens is 993 g/mol. The summed E-state index contributed by atoms with van der Waals surface area (Å²) in [7, 11) is -6.09. The fourth-order valence-electron chi connectivity index (χ4n) is 1.71. The Kier molecular flexibility index (Phi) is 9.32. The Morgan fingerprint density at radius 3 is 1.43 bits per heavy atom. The van der Waals surface area contributed by atoms with Crippen LogP contribution in [-0.2, 0) is 14.9 Å². The molecule has 1 aromatic carbocycles. The lowest BCUT2D eigenvalue weighted by molar-refractivity contribution is -0.356. The van der Waals surface area contributed by atoms with Crippen LogP contribution in [0.25, 0.3) is 0 Å². The van der Waals surface area contributed by atoms with E-state index in [-0.39, 0.29) is 7.14 Å². The molecule has 0 aliphatic rings. The Balaban J connectivity index is 3.74. The van der Waals surface area contributed by atoms with Gasteiger partial charge in [0.2, 0.25) is 0 Å². The van der Waals surface area contributed by atoms with E-state index >= 15 is 0 Å². The summed E-state index contributed by atoms with van der Waals surface area (Å²) >= 11 is 8.45. The van der Waals surface area contributed by atoms with Gasteiger partial charge in [-0.05, 0) is 113 Å². The molecule has 5 nitrogen and oxygen atoms in total. The number of esters is 1. The van der Waals surface area contributed by atoms with Gasteiger partial charge in [-0.25, -0.2) is 13.2 Å². The van der Waals surface area contributed by atoms with E-state index in [4.69, 9.17) is 0 Å². The second kappa shape index (κ2) is 9.36. The first-order valence-electron chi connectivity index (χ1n) is 6.08. The largest absolute Gasteiger partial charge is 0.748 e. The van der Waals surface area contributed by atoms with E-state index in [0.29, 0.717) is 10.7 Å². The molecule has 0 unspecified atom stereocenters. The van der Waals surface area contributed by atoms with E-state index < -0.39 is 45.4 Å². The molecule has 0 spiro atoms. The summed E-state index contributed by atoms with van der Waals surface area (Å²) in [6.45, 7) is 0. The third kappa shape index (κ3) is 5.79. The molecule has 0 heterocycles. The number of carbonyl (C=O) groups is 1. The number of ether oxygens (including phenoxy) is 1. The molecule has 0 N–H and O–H groups in total. The minimum Gasteiger partial charge on any atom is -0.748 e. The summed E-state index contributed by atoms with van der Waals surface area (Å²) in [6, 6.07) is 0. The van der Waals surface area contributed by atoms with Crippen LogP contribution in [-0.4, -0.2) is 42.6 Å². The maximum absolute atomic E-state index is 13.3. The number of benzene rings is 1. The number of alkyl halides is 6. The Bertz CT molecular complexity index is 871. The Hall–Kier alpha value is 1.83. The van der Waals surface area contributed by atoms with E-state index in [9.17, 15) is 44.1 Å². The molecule has 28 heavy (non-hydrogen) atoms. The first kappa shape index (κ1) is 27.9. The van der Waals surface area contributed by atoms with Crippen LogP contribution in [0.4, 0.5) is 26.3 Å². The second-order valence-electron chi connectivity index (χ2n) is 4.86. The molecule has 160 valence electrons. The van der Waals surface area contributed by atoms with Crippen LogP contribution in [0.3, 0.4) is 0 Å². The predicted octanol–water partition coefficient (Wildman–Crippen LogP) is 5.28. The summed E-state index contributed by atoms with van der Waals surface area (Å²) < 4.78 is 117. The molecule has 1 aromatic rings. The molecule has 0 aliphatic carbocycles. The maximum atomic E-state index is 13.3. The molecule has 1 rings (SSSR count). The van der Waals surface area contributed by atoms with Crippen LogP contribution >= 0.6 is 113 Å². The average Bonchev–Trinajstić information content (AvgIpc) is 2.47. The Morgan fingerprint density at radius 1 is 0.821 bits per heavy atom. The molecule has 0 amide bonds. The topological polar surface area (TPSA) is 83.5 Å². The van der Waals surface area contributed by atoms with Gasteiger partial charge in [0.15, 0.2) is 0 Å². The highest BCUT2D eigenvalue weighted by Crippen LogP contribution is 2.47. The number of hydrogen-bond donors (Lipinski definition) is 0. The second-order valence-corrected chi connectivity index (χ2v) is 11.7. The summed E-state index contributed by atoms with van der Waals surface area (Å²) in [6.07, 6.45) is -12.8. The van der Waals surface area contributed by atoms with Crippen molar-refractivity contribution in [2.45, 2.75) is 18.0 Å². The minimum absolute atomic E-state index is 0.0145. The third-order valence-corrected chi connectivity index (χ3v) is 13.3. The van der Waals surface area contributed by atoms with Crippen LogP contribution in [0.1, 0.15) is 10.4 Å². The first-order chi connectivity index (χ1) is 12.3. The molecule has 0 fully saturated rings. The van der Waals surface area contributed by atoms with Crippen molar-refractivity contribution in [3.63, 3.8) is 0 Å². The highest BCUT2D eigenvalue weighted by Gasteiger charge is 2.75. The third-order valence-electron chi connectivity index (χ3n) is 2.98. The first-order valence-corrected chi connectivity index (χ1v) is 13.1. The van der Waals surface area contributed by atoms with Gasteiger partial charge >= 0.3 is 23.9 Å². The molecule has 0 aromatic heterocycles. The Labute approximate surface area is 221 Å². The van der Waals surface area contributed by atoms with Gasteiger partial charge in [0.05, 0.1) is 21.4 Å². The highest BCUT2D eigenvalue weighted by molar-refractivity contribution is 14.1. The van der Waals surface area contributed by atoms with Gasteiger partial charge in [-0.2, -0.15) is 26.3 Å². The van der Waals surface area contributed by atoms with Gasteiger partial charge in [0.25, 0.3) is 0 Å². The highest BCUT2D eigenvalue weighted by atomic mass is 127. The van der Waals surface area contributed by atoms with Crippen LogP contribution in [0.2, 0.25) is 0 Å². The molecule has 0 aliphatic heterocycles. The quantitative estimate of drug-likeness (QED) is 0.103. The van der Waals surface area contributed by atoms with Crippen LogP contribution in [0.15, 0.2) is 0 Å². The van der Waals surface area contributed by atoms with Crippen LogP contribution in [0.5, 0.6) is 0 Å². The number of halogens is 11. The Morgan fingerprint density at radius 2 is 1.14 bits per heavy atom. The SMILES string of the molecule is O=C(OC(CS(=O)(=O)[O-])(C(F)(F)F)C(F)(F)F)c1c(I)c(I)c(I)c(I)c1I. The molecule has 0 atom stereocenters. The molecular formula is C11H2F6I5O5S-. The lowest BCUT2D eigenvalue weighted by atomic mass is 10.1. The van der Waals surface area contributed by atoms with Crippen molar-refractivity contribution in [1.82, 2.24) is 0 Å². The van der Waals surface area contributed by atoms with Crippen molar-refractivity contribution in [1.29, 1.82) is 0 Å². The fourth-order valence-corrected chi connectivity index (χ4v) is 7.80. The minimum atomic E-state index is -6.42. The monoisotopic (exact) mass is 994 g/mol. The summed E-state index contributed by atoms with van der Waals surface area (Å²) in [5, 5.41) is 0. The van der Waals surface area contributed by atoms with Crippen molar-refractivity contribution in [3.05, 3.63) is 23.4 Å². The molecule has 0 bridgehead atoms. The van der Waals surface area contributed by atoms with Gasteiger partial charge in [0.1, 0.15) is 0 Å². The molecule has 17 heteroatoms. The standard InChI is InChI=1S/C11H3F6I5O5S/c12-10(13,14)9(11(15,16)17,1-28(24,25)26)27-8(23)2-3(18)5(20)7(22)6(21)4(2)19/h1H2,(H,24,25,26)/p-1. The predicted molar refractivity (Wildman–Crippen MR) is 125 cm³/mol. The van der Waals surface area contributed by atoms with Gasteiger partial charge in [-0.1, -0.05) is 0 Å². The van der Waals surface area contributed by atoms with Crippen molar-refractivity contribution in [3.8, 4) is 0 Å². The van der Waals surface area contributed by atoms with E-state index in [1.807, 2.05) is 22.6 Å². The maximum Gasteiger partial charge on any atom is 0.438 e. The normalized spacial score (nSPS) is 13.6. The van der Waals surface area contributed by atoms with Gasteiger partial charge < -0.3 is 9.29 Å². The van der Waals surface area contributed by atoms with E-state index in [2.05, 4.69) is 4.74 Å². The van der Waals surface area contributed by atoms with E-state index in [1.54, 1.807) is 90.4 Å². The summed E-state index contributed by atoms with van der Waals surface area (Å²) in [5.41, 5.74) is -6.11. The molecule has 0 radical (unpaired) electrons. The van der Waals surface area contributed by atoms with Crippen LogP contribution < -0.4 is 0 Å². The summed E-state index contributed by atoms with van der Waals surface area (Å²) in [4.78, 5) is 12.4. The summed E-state index contributed by atoms with van der Waals surface area (Å²) in [5.74, 6) is -5.09. The lowest BCUT2D eigenvalue weighted by Crippen LogP contribution is -2.63. The number of carbonyl (C=O) groups excluding carboxylic acids is 1. The average molecular weight is 995 g/mol. The lowest BCUT2D eigenvalue weighted by Gasteiger charge is -2.37. The van der Waals surface area contributed by atoms with Gasteiger partial charge in [-0.3, -0.25) is 0 Å². The van der Waals surface area contributed by atoms with Gasteiger partial charge in [0, 0.05) is 17.9 Å². The zero-order chi connectivity index (χ0) is 22.5. The zero-order valence-electron chi connectivity index (χ0n) is 12.3. The van der Waals surface area contributed by atoms with E-state index in [0.717, 1.165) is 0 Å². The van der Waals surface area contributed by atoms with Crippen LogP contribution in [0, 0.1) is 17.9 Å². The van der Waals surface area contributed by atoms with Gasteiger partial charge in [-0.15, -0.1) is 0 Å². The van der Waals surface area contributed by atoms with Crippen molar-refractivity contribution in [2.75, 3.05) is 5.75 Å².